The SMILES string of the molecule is Cc1cc(=O)c2cccc(F)c2n1CC(=O)Nc1nccs1. The van der Waals surface area contributed by atoms with Crippen LogP contribution in [0.1, 0.15) is 5.69 Å². The van der Waals surface area contributed by atoms with Crippen molar-refractivity contribution in [2.45, 2.75) is 13.5 Å². The van der Waals surface area contributed by atoms with Crippen LogP contribution in [0.4, 0.5) is 9.52 Å². The Kier molecular flexibility index (Phi) is 3.72. The average molecular weight is 317 g/mol. The number of hydrogen-bond donors (Lipinski definition) is 1. The van der Waals surface area contributed by atoms with Crippen molar-refractivity contribution < 1.29 is 9.18 Å². The number of fused-ring (bicyclic) bond motifs is 1. The average Bonchev–Trinajstić information content (AvgIpc) is 2.96. The number of nitrogens with zero attached hydrogens (tertiary/aromatic N) is 2. The molecule has 3 rings (SSSR count). The van der Waals surface area contributed by atoms with E-state index in [0.717, 1.165) is 0 Å². The molecule has 0 saturated heterocycles. The van der Waals surface area contributed by atoms with Gasteiger partial charge in [-0.05, 0) is 19.1 Å². The van der Waals surface area contributed by atoms with Crippen molar-refractivity contribution in [2.24, 2.45) is 0 Å². The van der Waals surface area contributed by atoms with Crippen LogP contribution in [0.3, 0.4) is 0 Å². The van der Waals surface area contributed by atoms with Gasteiger partial charge in [0.25, 0.3) is 0 Å². The number of benzene rings is 1. The summed E-state index contributed by atoms with van der Waals surface area (Å²) < 4.78 is 15.6. The number of halogens is 1. The van der Waals surface area contributed by atoms with E-state index in [1.807, 2.05) is 0 Å². The number of hydrogen-bond acceptors (Lipinski definition) is 4. The second-order valence-corrected chi connectivity index (χ2v) is 5.65. The molecule has 1 N–H and O–H groups in total. The maximum absolute atomic E-state index is 14.1. The standard InChI is InChI=1S/C15H12FN3O2S/c1-9-7-12(20)10-3-2-4-11(16)14(10)19(9)8-13(21)18-15-17-5-6-22-15/h2-7H,8H2,1H3,(H,17,18,21). The molecular formula is C15H12FN3O2S. The van der Waals surface area contributed by atoms with E-state index in [9.17, 15) is 14.0 Å². The number of anilines is 1. The molecule has 7 heteroatoms. The number of rotatable bonds is 3. The molecule has 2 heterocycles. The van der Waals surface area contributed by atoms with Gasteiger partial charge in [0.05, 0.1) is 5.52 Å². The van der Waals surface area contributed by atoms with Gasteiger partial charge < -0.3 is 9.88 Å². The third-order valence-corrected chi connectivity index (χ3v) is 3.96. The molecule has 0 bridgehead atoms. The molecule has 112 valence electrons. The van der Waals surface area contributed by atoms with E-state index in [1.54, 1.807) is 24.6 Å². The van der Waals surface area contributed by atoms with Crippen LogP contribution in [-0.4, -0.2) is 15.5 Å². The third-order valence-electron chi connectivity index (χ3n) is 3.27. The number of pyridine rings is 1. The van der Waals surface area contributed by atoms with E-state index in [-0.39, 0.29) is 28.8 Å². The highest BCUT2D eigenvalue weighted by molar-refractivity contribution is 7.13. The highest BCUT2D eigenvalue weighted by atomic mass is 32.1. The summed E-state index contributed by atoms with van der Waals surface area (Å²) in [6, 6.07) is 5.71. The van der Waals surface area contributed by atoms with E-state index in [4.69, 9.17) is 0 Å². The molecule has 1 amide bonds. The molecule has 3 aromatic rings. The molecule has 2 aromatic heterocycles. The fourth-order valence-corrected chi connectivity index (χ4v) is 2.85. The second-order valence-electron chi connectivity index (χ2n) is 4.76. The smallest absolute Gasteiger partial charge is 0.246 e. The Hall–Kier alpha value is -2.54. The van der Waals surface area contributed by atoms with Crippen LogP contribution in [0.2, 0.25) is 0 Å². The lowest BCUT2D eigenvalue weighted by Crippen LogP contribution is -2.22. The molecule has 0 unspecified atom stereocenters. The second kappa shape index (κ2) is 5.69. The largest absolute Gasteiger partial charge is 0.333 e. The van der Waals surface area contributed by atoms with Crippen LogP contribution in [0.15, 0.2) is 40.6 Å². The van der Waals surface area contributed by atoms with Gasteiger partial charge in [-0.15, -0.1) is 11.3 Å². The number of carbonyl (C=O) groups excluding carboxylic acids is 1. The molecule has 0 atom stereocenters. The van der Waals surface area contributed by atoms with Crippen molar-refractivity contribution in [1.82, 2.24) is 9.55 Å². The van der Waals surface area contributed by atoms with Crippen molar-refractivity contribution in [3.63, 3.8) is 0 Å². The zero-order valence-corrected chi connectivity index (χ0v) is 12.5. The first kappa shape index (κ1) is 14.4. The van der Waals surface area contributed by atoms with Crippen LogP contribution in [-0.2, 0) is 11.3 Å². The predicted octanol–water partition coefficient (Wildman–Crippen LogP) is 2.54. The number of aromatic nitrogens is 2. The molecule has 0 radical (unpaired) electrons. The van der Waals surface area contributed by atoms with Crippen LogP contribution < -0.4 is 10.7 Å². The quantitative estimate of drug-likeness (QED) is 0.807. The van der Waals surface area contributed by atoms with Crippen molar-refractivity contribution in [3.05, 3.63) is 57.6 Å². The van der Waals surface area contributed by atoms with Gasteiger partial charge in [0.1, 0.15) is 12.4 Å². The van der Waals surface area contributed by atoms with Crippen molar-refractivity contribution in [3.8, 4) is 0 Å². The van der Waals surface area contributed by atoms with E-state index in [2.05, 4.69) is 10.3 Å². The lowest BCUT2D eigenvalue weighted by atomic mass is 10.1. The lowest BCUT2D eigenvalue weighted by Gasteiger charge is -2.14. The Morgan fingerprint density at radius 2 is 2.27 bits per heavy atom. The Morgan fingerprint density at radius 1 is 1.45 bits per heavy atom. The molecule has 0 saturated carbocycles. The highest BCUT2D eigenvalue weighted by Gasteiger charge is 2.14. The maximum atomic E-state index is 14.1. The fourth-order valence-electron chi connectivity index (χ4n) is 2.30. The van der Waals surface area contributed by atoms with Crippen LogP contribution in [0.25, 0.3) is 10.9 Å². The summed E-state index contributed by atoms with van der Waals surface area (Å²) in [5.41, 5.74) is 0.405. The lowest BCUT2D eigenvalue weighted by molar-refractivity contribution is -0.116. The highest BCUT2D eigenvalue weighted by Crippen LogP contribution is 2.17. The zero-order valence-electron chi connectivity index (χ0n) is 11.7. The van der Waals surface area contributed by atoms with Crippen molar-refractivity contribution in [1.29, 1.82) is 0 Å². The minimum Gasteiger partial charge on any atom is -0.333 e. The summed E-state index contributed by atoms with van der Waals surface area (Å²) in [5, 5.41) is 5.13. The van der Waals surface area contributed by atoms with E-state index >= 15 is 0 Å². The first-order chi connectivity index (χ1) is 10.6. The molecular weight excluding hydrogens is 305 g/mol. The summed E-state index contributed by atoms with van der Waals surface area (Å²) in [6.45, 7) is 1.58. The van der Waals surface area contributed by atoms with E-state index in [1.165, 1.54) is 34.1 Å². The van der Waals surface area contributed by atoms with Crippen molar-refractivity contribution >= 4 is 33.3 Å². The van der Waals surface area contributed by atoms with Gasteiger partial charge in [0, 0.05) is 28.7 Å². The predicted molar refractivity (Wildman–Crippen MR) is 83.6 cm³/mol. The summed E-state index contributed by atoms with van der Waals surface area (Å²) >= 11 is 1.30. The summed E-state index contributed by atoms with van der Waals surface area (Å²) in [5.74, 6) is -0.855. The Balaban J connectivity index is 2.03. The number of amides is 1. The Bertz CT molecular complexity index is 903. The third kappa shape index (κ3) is 2.62. The molecule has 0 fully saturated rings. The van der Waals surface area contributed by atoms with Gasteiger partial charge in [-0.3, -0.25) is 9.59 Å². The molecule has 22 heavy (non-hydrogen) atoms. The number of aryl methyl sites for hydroxylation is 1. The van der Waals surface area contributed by atoms with Gasteiger partial charge >= 0.3 is 0 Å². The van der Waals surface area contributed by atoms with Gasteiger partial charge in [-0.2, -0.15) is 0 Å². The summed E-state index contributed by atoms with van der Waals surface area (Å²) in [6.07, 6.45) is 1.58. The van der Waals surface area contributed by atoms with Gasteiger partial charge in [-0.25, -0.2) is 9.37 Å². The monoisotopic (exact) mass is 317 g/mol. The first-order valence-electron chi connectivity index (χ1n) is 6.54. The van der Waals surface area contributed by atoms with Crippen molar-refractivity contribution in [2.75, 3.05) is 5.32 Å². The van der Waals surface area contributed by atoms with E-state index < -0.39 is 5.82 Å². The maximum Gasteiger partial charge on any atom is 0.246 e. The molecule has 0 aliphatic heterocycles. The Labute approximate surface area is 129 Å². The number of thiazole rings is 1. The van der Waals surface area contributed by atoms with Crippen LogP contribution in [0.5, 0.6) is 0 Å². The van der Waals surface area contributed by atoms with Crippen LogP contribution >= 0.6 is 11.3 Å². The van der Waals surface area contributed by atoms with Crippen LogP contribution in [0, 0.1) is 12.7 Å². The number of para-hydroxylation sites is 1. The summed E-state index contributed by atoms with van der Waals surface area (Å²) in [4.78, 5) is 28.0. The Morgan fingerprint density at radius 3 is 3.00 bits per heavy atom. The zero-order chi connectivity index (χ0) is 15.7. The molecule has 5 nitrogen and oxygen atoms in total. The minimum absolute atomic E-state index is 0.0941. The van der Waals surface area contributed by atoms with E-state index in [0.29, 0.717) is 10.8 Å². The molecule has 0 aliphatic carbocycles. The fraction of sp³-hybridized carbons (Fsp3) is 0.133. The molecule has 0 spiro atoms. The number of nitrogens with one attached hydrogen (secondary N) is 1. The number of carbonyl (C=O) groups is 1. The minimum atomic E-state index is -0.527. The normalized spacial score (nSPS) is 10.8. The summed E-state index contributed by atoms with van der Waals surface area (Å²) in [7, 11) is 0. The van der Waals surface area contributed by atoms with Gasteiger partial charge in [0.2, 0.25) is 5.91 Å². The first-order valence-corrected chi connectivity index (χ1v) is 7.42. The molecule has 0 aliphatic rings. The molecule has 1 aromatic carbocycles. The van der Waals surface area contributed by atoms with Gasteiger partial charge in [0.15, 0.2) is 10.6 Å². The topological polar surface area (TPSA) is 64.0 Å². The van der Waals surface area contributed by atoms with Gasteiger partial charge in [-0.1, -0.05) is 6.07 Å².